The topological polar surface area (TPSA) is 56.7 Å². The zero-order chi connectivity index (χ0) is 42.1. The van der Waals surface area contributed by atoms with Crippen LogP contribution in [0.5, 0.6) is 0 Å². The molecule has 0 unspecified atom stereocenters. The Morgan fingerprint density at radius 1 is 0.438 bits per heavy atom. The van der Waals surface area contributed by atoms with Crippen molar-refractivity contribution in [1.29, 1.82) is 0 Å². The van der Waals surface area contributed by atoms with E-state index in [4.69, 9.17) is 19.4 Å². The molecular formula is C58H36N4OS. The molecule has 4 heterocycles. The van der Waals surface area contributed by atoms with Crippen LogP contribution in [0.2, 0.25) is 0 Å². The maximum atomic E-state index is 6.31. The minimum Gasteiger partial charge on any atom is -0.456 e. The van der Waals surface area contributed by atoms with E-state index in [1.54, 1.807) is 0 Å². The van der Waals surface area contributed by atoms with Crippen molar-refractivity contribution in [2.45, 2.75) is 6.42 Å². The number of aromatic nitrogens is 4. The Labute approximate surface area is 372 Å². The number of allylic oxidation sites excluding steroid dienone is 2. The molecule has 5 nitrogen and oxygen atoms in total. The molecular weight excluding hydrogens is 801 g/mol. The number of rotatable bonds is 6. The third-order valence-corrected chi connectivity index (χ3v) is 13.7. The second-order valence-electron chi connectivity index (χ2n) is 16.3. The van der Waals surface area contributed by atoms with Gasteiger partial charge in [0.2, 0.25) is 0 Å². The lowest BCUT2D eigenvalue weighted by molar-refractivity contribution is 0.669. The van der Waals surface area contributed by atoms with E-state index in [-0.39, 0.29) is 0 Å². The normalized spacial score (nSPS) is 12.5. The van der Waals surface area contributed by atoms with Gasteiger partial charge in [0, 0.05) is 69.8 Å². The molecule has 0 N–H and O–H groups in total. The third-order valence-electron chi connectivity index (χ3n) is 12.5. The molecule has 1 aliphatic rings. The van der Waals surface area contributed by atoms with E-state index in [2.05, 4.69) is 156 Å². The van der Waals surface area contributed by atoms with Crippen LogP contribution in [-0.4, -0.2) is 19.5 Å². The number of thiophene rings is 1. The van der Waals surface area contributed by atoms with E-state index in [1.807, 2.05) is 65.9 Å². The van der Waals surface area contributed by atoms with Crippen molar-refractivity contribution in [3.63, 3.8) is 0 Å². The van der Waals surface area contributed by atoms with Crippen LogP contribution >= 0.6 is 11.3 Å². The summed E-state index contributed by atoms with van der Waals surface area (Å²) in [5, 5.41) is 5.96. The van der Waals surface area contributed by atoms with Gasteiger partial charge in [0.1, 0.15) is 11.2 Å². The highest BCUT2D eigenvalue weighted by molar-refractivity contribution is 7.26. The first-order valence-electron chi connectivity index (χ1n) is 21.6. The summed E-state index contributed by atoms with van der Waals surface area (Å²) < 4.78 is 11.3. The number of hydrogen-bond acceptors (Lipinski definition) is 5. The number of furan rings is 1. The fourth-order valence-electron chi connectivity index (χ4n) is 9.49. The molecule has 0 bridgehead atoms. The summed E-state index contributed by atoms with van der Waals surface area (Å²) in [6.45, 7) is 0. The van der Waals surface area contributed by atoms with Gasteiger partial charge in [0.15, 0.2) is 17.5 Å². The number of fused-ring (bicyclic) bond motifs is 9. The fourth-order valence-corrected chi connectivity index (χ4v) is 10.7. The van der Waals surface area contributed by atoms with Gasteiger partial charge in [0.25, 0.3) is 0 Å². The first-order valence-corrected chi connectivity index (χ1v) is 22.4. The van der Waals surface area contributed by atoms with Crippen molar-refractivity contribution in [2.24, 2.45) is 0 Å². The lowest BCUT2D eigenvalue weighted by Crippen LogP contribution is -2.02. The maximum absolute atomic E-state index is 6.31. The monoisotopic (exact) mass is 836 g/mol. The van der Waals surface area contributed by atoms with Crippen LogP contribution < -0.4 is 0 Å². The van der Waals surface area contributed by atoms with Crippen LogP contribution in [0.4, 0.5) is 0 Å². The summed E-state index contributed by atoms with van der Waals surface area (Å²) in [5.74, 6) is 1.78. The van der Waals surface area contributed by atoms with Gasteiger partial charge in [-0.25, -0.2) is 15.0 Å². The Kier molecular flexibility index (Phi) is 8.39. The van der Waals surface area contributed by atoms with Crippen LogP contribution in [0.1, 0.15) is 17.7 Å². The maximum Gasteiger partial charge on any atom is 0.164 e. The summed E-state index contributed by atoms with van der Waals surface area (Å²) in [6, 6.07) is 64.3. The Hall–Kier alpha value is -8.19. The molecule has 8 aromatic carbocycles. The minimum absolute atomic E-state index is 0.582. The molecule has 0 fully saturated rings. The Bertz CT molecular complexity index is 3890. The molecule has 0 radical (unpaired) electrons. The van der Waals surface area contributed by atoms with E-state index < -0.39 is 0 Å². The average Bonchev–Trinajstić information content (AvgIpc) is 3.96. The molecule has 1 aliphatic carbocycles. The Morgan fingerprint density at radius 2 is 1.06 bits per heavy atom. The molecule has 0 aliphatic heterocycles. The largest absolute Gasteiger partial charge is 0.456 e. The number of hydrogen-bond donors (Lipinski definition) is 0. The minimum atomic E-state index is 0.582. The van der Waals surface area contributed by atoms with Gasteiger partial charge < -0.3 is 8.98 Å². The van der Waals surface area contributed by atoms with Gasteiger partial charge in [-0.1, -0.05) is 158 Å². The van der Waals surface area contributed by atoms with Crippen molar-refractivity contribution >= 4 is 76.5 Å². The van der Waals surface area contributed by atoms with E-state index in [0.717, 1.165) is 73.1 Å². The molecule has 0 saturated heterocycles. The van der Waals surface area contributed by atoms with Crippen LogP contribution in [-0.2, 0) is 0 Å². The number of nitrogens with zero attached hydrogens (tertiary/aromatic N) is 4. The lowest BCUT2D eigenvalue weighted by atomic mass is 9.96. The second kappa shape index (κ2) is 14.7. The molecule has 13 rings (SSSR count). The fraction of sp³-hybridized carbons (Fsp3) is 0.0172. The van der Waals surface area contributed by atoms with Gasteiger partial charge in [0.05, 0.1) is 11.2 Å². The summed E-state index contributed by atoms with van der Waals surface area (Å²) in [4.78, 5) is 15.4. The Morgan fingerprint density at radius 3 is 1.94 bits per heavy atom. The molecule has 64 heavy (non-hydrogen) atoms. The molecule has 12 aromatic rings. The Balaban J connectivity index is 0.981. The second-order valence-corrected chi connectivity index (χ2v) is 17.3. The highest BCUT2D eigenvalue weighted by Crippen LogP contribution is 2.43. The van der Waals surface area contributed by atoms with Gasteiger partial charge in [-0.3, -0.25) is 0 Å². The third kappa shape index (κ3) is 5.95. The first-order chi connectivity index (χ1) is 31.7. The number of benzene rings is 8. The summed E-state index contributed by atoms with van der Waals surface area (Å²) in [6.07, 6.45) is 9.92. The highest BCUT2D eigenvalue weighted by atomic mass is 32.1. The van der Waals surface area contributed by atoms with Crippen LogP contribution in [0.25, 0.3) is 127 Å². The van der Waals surface area contributed by atoms with E-state index >= 15 is 0 Å². The predicted molar refractivity (Wildman–Crippen MR) is 267 cm³/mol. The zero-order valence-electron chi connectivity index (χ0n) is 34.4. The van der Waals surface area contributed by atoms with Gasteiger partial charge in [-0.15, -0.1) is 11.3 Å². The quantitative estimate of drug-likeness (QED) is 0.167. The van der Waals surface area contributed by atoms with Gasteiger partial charge >= 0.3 is 0 Å². The van der Waals surface area contributed by atoms with Crippen molar-refractivity contribution in [1.82, 2.24) is 19.5 Å². The number of para-hydroxylation sites is 2. The van der Waals surface area contributed by atoms with Gasteiger partial charge in [-0.05, 0) is 71.7 Å². The van der Waals surface area contributed by atoms with Crippen molar-refractivity contribution in [3.8, 4) is 62.1 Å². The summed E-state index contributed by atoms with van der Waals surface area (Å²) >= 11 is 1.87. The standard InChI is InChI=1S/C58H36N4OS/c1-3-15-36(16-4-1)56-59-57(61-58(60-56)40-31-32-46-45-22-7-9-29-51(45)63-52(46)35-40)39-19-12-20-41(34-39)62-50-28-6-2-5-21-44(50)48-26-13-24-42(54(48)62)37-17-11-18-38(33-37)43-25-14-27-49-47-23-8-10-30-53(47)64-55(43)49/h1,3-35H,2H2. The predicted octanol–water partition coefficient (Wildman–Crippen LogP) is 15.8. The molecule has 0 atom stereocenters. The molecule has 0 spiro atoms. The summed E-state index contributed by atoms with van der Waals surface area (Å²) in [7, 11) is 0. The van der Waals surface area contributed by atoms with E-state index in [0.29, 0.717) is 17.5 Å². The lowest BCUT2D eigenvalue weighted by Gasteiger charge is -2.15. The van der Waals surface area contributed by atoms with Crippen molar-refractivity contribution < 1.29 is 4.42 Å². The summed E-state index contributed by atoms with van der Waals surface area (Å²) in [5.41, 5.74) is 13.6. The molecule has 6 heteroatoms. The zero-order valence-corrected chi connectivity index (χ0v) is 35.3. The molecule has 0 saturated carbocycles. The van der Waals surface area contributed by atoms with Crippen LogP contribution in [0, 0.1) is 0 Å². The van der Waals surface area contributed by atoms with Crippen LogP contribution in [0.3, 0.4) is 0 Å². The van der Waals surface area contributed by atoms with Gasteiger partial charge in [-0.2, -0.15) is 0 Å². The average molecular weight is 837 g/mol. The van der Waals surface area contributed by atoms with Crippen molar-refractivity contribution in [3.05, 3.63) is 205 Å². The molecule has 4 aromatic heterocycles. The first kappa shape index (κ1) is 36.5. The smallest absolute Gasteiger partial charge is 0.164 e. The van der Waals surface area contributed by atoms with Crippen LogP contribution in [0.15, 0.2) is 199 Å². The highest BCUT2D eigenvalue weighted by Gasteiger charge is 2.22. The van der Waals surface area contributed by atoms with Crippen molar-refractivity contribution in [2.75, 3.05) is 0 Å². The SMILES string of the molecule is C1=Cc2c(n(-c3cccc(-c4nc(-c5ccccc5)nc(-c5ccc6c(c5)oc5ccccc56)n4)c3)c3c(-c4cccc(-c5cccc6c5sc5ccccc56)c4)cccc23)C=CC1. The van der Waals surface area contributed by atoms with E-state index in [1.165, 1.54) is 42.2 Å². The molecule has 0 amide bonds. The molecule has 300 valence electrons. The van der Waals surface area contributed by atoms with E-state index in [9.17, 15) is 0 Å².